The van der Waals surface area contributed by atoms with Gasteiger partial charge in [-0.05, 0) is 11.5 Å². The molecule has 3 heteroatoms. The number of H-pyrrole nitrogens is 1. The standard InChI is InChI=1S/C12H8N2O/c15-7-8-1-4-11-9(5-8)2-3-10-6-13-14-12(10)11/h1-7H,(H,13,14). The van der Waals surface area contributed by atoms with E-state index in [1.165, 1.54) is 0 Å². The highest BCUT2D eigenvalue weighted by atomic mass is 16.1. The number of carbonyl (C=O) groups excluding carboxylic acids is 1. The van der Waals surface area contributed by atoms with Crippen LogP contribution in [0, 0.1) is 0 Å². The van der Waals surface area contributed by atoms with Crippen molar-refractivity contribution < 1.29 is 4.79 Å². The van der Waals surface area contributed by atoms with Crippen molar-refractivity contribution in [2.45, 2.75) is 0 Å². The molecule has 0 radical (unpaired) electrons. The van der Waals surface area contributed by atoms with E-state index in [-0.39, 0.29) is 0 Å². The van der Waals surface area contributed by atoms with Gasteiger partial charge in [0.15, 0.2) is 0 Å². The Bertz CT molecular complexity index is 655. The SMILES string of the molecule is O=Cc1ccc2c(ccc3cn[nH]c32)c1. The Morgan fingerprint density at radius 3 is 2.87 bits per heavy atom. The zero-order valence-corrected chi connectivity index (χ0v) is 7.90. The molecular weight excluding hydrogens is 188 g/mol. The van der Waals surface area contributed by atoms with E-state index in [1.54, 1.807) is 6.20 Å². The lowest BCUT2D eigenvalue weighted by molar-refractivity contribution is 0.112. The Hall–Kier alpha value is -2.16. The molecule has 0 saturated carbocycles. The number of hydrogen-bond donors (Lipinski definition) is 1. The van der Waals surface area contributed by atoms with Crippen molar-refractivity contribution in [3.8, 4) is 0 Å². The molecule has 0 unspecified atom stereocenters. The largest absolute Gasteiger partial charge is 0.298 e. The quantitative estimate of drug-likeness (QED) is 0.608. The molecule has 0 aliphatic rings. The third kappa shape index (κ3) is 1.13. The number of nitrogens with one attached hydrogen (secondary N) is 1. The number of fused-ring (bicyclic) bond motifs is 3. The van der Waals surface area contributed by atoms with Crippen molar-refractivity contribution in [1.29, 1.82) is 0 Å². The van der Waals surface area contributed by atoms with Gasteiger partial charge in [0.25, 0.3) is 0 Å². The van der Waals surface area contributed by atoms with Crippen LogP contribution in [-0.4, -0.2) is 16.5 Å². The summed E-state index contributed by atoms with van der Waals surface area (Å²) in [6.07, 6.45) is 2.65. The smallest absolute Gasteiger partial charge is 0.150 e. The van der Waals surface area contributed by atoms with Gasteiger partial charge in [-0.25, -0.2) is 0 Å². The highest BCUT2D eigenvalue weighted by Crippen LogP contribution is 2.23. The number of rotatable bonds is 1. The van der Waals surface area contributed by atoms with Gasteiger partial charge in [0, 0.05) is 16.3 Å². The van der Waals surface area contributed by atoms with Crippen molar-refractivity contribution in [2.75, 3.05) is 0 Å². The molecule has 1 heterocycles. The first-order valence-corrected chi connectivity index (χ1v) is 4.69. The predicted octanol–water partition coefficient (Wildman–Crippen LogP) is 2.53. The summed E-state index contributed by atoms with van der Waals surface area (Å²) in [4.78, 5) is 10.6. The van der Waals surface area contributed by atoms with E-state index in [9.17, 15) is 4.79 Å². The monoisotopic (exact) mass is 196 g/mol. The minimum atomic E-state index is 0.696. The second-order valence-corrected chi connectivity index (χ2v) is 3.50. The second kappa shape index (κ2) is 2.92. The molecular formula is C12H8N2O. The molecule has 3 aromatic rings. The highest BCUT2D eigenvalue weighted by molar-refractivity contribution is 6.06. The predicted molar refractivity (Wildman–Crippen MR) is 59.0 cm³/mol. The van der Waals surface area contributed by atoms with E-state index in [1.807, 2.05) is 30.3 Å². The molecule has 72 valence electrons. The first-order chi connectivity index (χ1) is 7.38. The van der Waals surface area contributed by atoms with Crippen LogP contribution in [-0.2, 0) is 0 Å². The Kier molecular flexibility index (Phi) is 1.59. The fourth-order valence-corrected chi connectivity index (χ4v) is 1.84. The maximum absolute atomic E-state index is 10.6. The maximum atomic E-state index is 10.6. The van der Waals surface area contributed by atoms with Gasteiger partial charge in [0.05, 0.1) is 11.7 Å². The van der Waals surface area contributed by atoms with Crippen LogP contribution >= 0.6 is 0 Å². The molecule has 2 aromatic carbocycles. The van der Waals surface area contributed by atoms with Crippen molar-refractivity contribution >= 4 is 28.0 Å². The van der Waals surface area contributed by atoms with Gasteiger partial charge in [-0.2, -0.15) is 5.10 Å². The molecule has 3 rings (SSSR count). The number of aldehydes is 1. The summed E-state index contributed by atoms with van der Waals surface area (Å²) in [5.41, 5.74) is 1.71. The Balaban J connectivity index is 2.48. The topological polar surface area (TPSA) is 45.8 Å². The van der Waals surface area contributed by atoms with Crippen LogP contribution in [0.5, 0.6) is 0 Å². The number of carbonyl (C=O) groups is 1. The van der Waals surface area contributed by atoms with Crippen LogP contribution in [0.3, 0.4) is 0 Å². The van der Waals surface area contributed by atoms with Crippen LogP contribution < -0.4 is 0 Å². The van der Waals surface area contributed by atoms with E-state index < -0.39 is 0 Å². The fraction of sp³-hybridized carbons (Fsp3) is 0. The summed E-state index contributed by atoms with van der Waals surface area (Å²) < 4.78 is 0. The molecule has 3 nitrogen and oxygen atoms in total. The van der Waals surface area contributed by atoms with Gasteiger partial charge >= 0.3 is 0 Å². The summed E-state index contributed by atoms with van der Waals surface area (Å²) in [5, 5.41) is 10.2. The molecule has 0 aliphatic heterocycles. The van der Waals surface area contributed by atoms with Gasteiger partial charge in [0.1, 0.15) is 6.29 Å². The van der Waals surface area contributed by atoms with Crippen LogP contribution in [0.2, 0.25) is 0 Å². The molecule has 15 heavy (non-hydrogen) atoms. The summed E-state index contributed by atoms with van der Waals surface area (Å²) in [6.45, 7) is 0. The molecule has 0 saturated heterocycles. The summed E-state index contributed by atoms with van der Waals surface area (Å²) in [5.74, 6) is 0. The molecule has 0 fully saturated rings. The van der Waals surface area contributed by atoms with Gasteiger partial charge in [-0.15, -0.1) is 0 Å². The number of benzene rings is 2. The number of nitrogens with zero attached hydrogens (tertiary/aromatic N) is 1. The first kappa shape index (κ1) is 8.17. The highest BCUT2D eigenvalue weighted by Gasteiger charge is 2.02. The van der Waals surface area contributed by atoms with Gasteiger partial charge < -0.3 is 0 Å². The van der Waals surface area contributed by atoms with Crippen molar-refractivity contribution in [3.63, 3.8) is 0 Å². The van der Waals surface area contributed by atoms with E-state index in [4.69, 9.17) is 0 Å². The lowest BCUT2D eigenvalue weighted by Crippen LogP contribution is -1.81. The normalized spacial score (nSPS) is 10.9. The van der Waals surface area contributed by atoms with Crippen LogP contribution in [0.15, 0.2) is 36.5 Å². The summed E-state index contributed by atoms with van der Waals surface area (Å²) in [6, 6.07) is 9.63. The Morgan fingerprint density at radius 1 is 1.13 bits per heavy atom. The van der Waals surface area contributed by atoms with E-state index in [0.29, 0.717) is 5.56 Å². The number of aromatic amines is 1. The van der Waals surface area contributed by atoms with E-state index >= 15 is 0 Å². The van der Waals surface area contributed by atoms with Crippen LogP contribution in [0.1, 0.15) is 10.4 Å². The molecule has 0 spiro atoms. The fourth-order valence-electron chi connectivity index (χ4n) is 1.84. The molecule has 0 amide bonds. The zero-order valence-electron chi connectivity index (χ0n) is 7.90. The van der Waals surface area contributed by atoms with Crippen molar-refractivity contribution in [3.05, 3.63) is 42.1 Å². The maximum Gasteiger partial charge on any atom is 0.150 e. The van der Waals surface area contributed by atoms with Crippen LogP contribution in [0.4, 0.5) is 0 Å². The van der Waals surface area contributed by atoms with Gasteiger partial charge in [0.2, 0.25) is 0 Å². The van der Waals surface area contributed by atoms with Crippen molar-refractivity contribution in [2.24, 2.45) is 0 Å². The minimum absolute atomic E-state index is 0.696. The number of hydrogen-bond acceptors (Lipinski definition) is 2. The Morgan fingerprint density at radius 2 is 2.00 bits per heavy atom. The molecule has 0 atom stereocenters. The van der Waals surface area contributed by atoms with E-state index in [0.717, 1.165) is 28.0 Å². The zero-order chi connectivity index (χ0) is 10.3. The minimum Gasteiger partial charge on any atom is -0.298 e. The first-order valence-electron chi connectivity index (χ1n) is 4.69. The summed E-state index contributed by atoms with van der Waals surface area (Å²) in [7, 11) is 0. The third-order valence-electron chi connectivity index (χ3n) is 2.59. The Labute approximate surface area is 85.7 Å². The molecule has 0 bridgehead atoms. The van der Waals surface area contributed by atoms with Crippen LogP contribution in [0.25, 0.3) is 21.7 Å². The molecule has 0 aliphatic carbocycles. The lowest BCUT2D eigenvalue weighted by Gasteiger charge is -1.99. The van der Waals surface area contributed by atoms with Crippen molar-refractivity contribution in [1.82, 2.24) is 10.2 Å². The third-order valence-corrected chi connectivity index (χ3v) is 2.59. The average molecular weight is 196 g/mol. The second-order valence-electron chi connectivity index (χ2n) is 3.50. The van der Waals surface area contributed by atoms with E-state index in [2.05, 4.69) is 10.2 Å². The molecule has 1 N–H and O–H groups in total. The average Bonchev–Trinajstić information content (AvgIpc) is 2.76. The van der Waals surface area contributed by atoms with Gasteiger partial charge in [-0.1, -0.05) is 24.3 Å². The van der Waals surface area contributed by atoms with Gasteiger partial charge in [-0.3, -0.25) is 9.89 Å². The molecule has 1 aromatic heterocycles. The summed E-state index contributed by atoms with van der Waals surface area (Å²) >= 11 is 0. The number of aromatic nitrogens is 2. The lowest BCUT2D eigenvalue weighted by atomic mass is 10.1.